The Kier molecular flexibility index (Phi) is 6.49. The molecule has 9 nitrogen and oxygen atoms in total. The summed E-state index contributed by atoms with van der Waals surface area (Å²) in [4.78, 5) is 24.4. The van der Waals surface area contributed by atoms with Gasteiger partial charge in [-0.05, 0) is 37.2 Å². The van der Waals surface area contributed by atoms with Gasteiger partial charge in [0, 0.05) is 61.1 Å². The number of aromatic nitrogens is 3. The highest BCUT2D eigenvalue weighted by Crippen LogP contribution is 2.32. The highest BCUT2D eigenvalue weighted by atomic mass is 16.5. The SMILES string of the molecule is COc1ccc(Nc2nc(-c3cccc(C(=O)N4CCCNCC4)c3)cn3ccnc23)cc1OC. The van der Waals surface area contributed by atoms with Crippen LogP contribution in [0.5, 0.6) is 11.5 Å². The Morgan fingerprint density at radius 3 is 2.80 bits per heavy atom. The Balaban J connectivity index is 1.48. The number of hydrogen-bond acceptors (Lipinski definition) is 7. The first-order valence-electron chi connectivity index (χ1n) is 11.6. The number of benzene rings is 2. The van der Waals surface area contributed by atoms with Crippen molar-refractivity contribution in [3.8, 4) is 22.8 Å². The summed E-state index contributed by atoms with van der Waals surface area (Å²) < 4.78 is 12.7. The number of carbonyl (C=O) groups is 1. The molecule has 0 saturated carbocycles. The van der Waals surface area contributed by atoms with Crippen LogP contribution >= 0.6 is 0 Å². The standard InChI is InChI=1S/C26H28N6O3/c1-34-22-8-7-20(16-23(22)35-2)29-24-25-28-11-14-32(25)17-21(30-24)18-5-3-6-19(15-18)26(33)31-12-4-9-27-10-13-31/h3,5-8,11,14-17,27H,4,9-10,12-13H2,1-2H3,(H,29,30). The minimum absolute atomic E-state index is 0.0444. The molecule has 0 aliphatic carbocycles. The lowest BCUT2D eigenvalue weighted by molar-refractivity contribution is 0.0766. The molecule has 3 heterocycles. The van der Waals surface area contributed by atoms with Crippen molar-refractivity contribution in [3.63, 3.8) is 0 Å². The number of hydrogen-bond donors (Lipinski definition) is 2. The van der Waals surface area contributed by atoms with Crippen LogP contribution < -0.4 is 20.1 Å². The van der Waals surface area contributed by atoms with Gasteiger partial charge in [0.25, 0.3) is 5.91 Å². The highest BCUT2D eigenvalue weighted by molar-refractivity contribution is 5.95. The van der Waals surface area contributed by atoms with E-state index in [0.717, 1.165) is 43.0 Å². The average Bonchev–Trinajstić information content (AvgIpc) is 3.21. The minimum atomic E-state index is 0.0444. The van der Waals surface area contributed by atoms with E-state index in [-0.39, 0.29) is 5.91 Å². The van der Waals surface area contributed by atoms with E-state index in [9.17, 15) is 4.79 Å². The Labute approximate surface area is 203 Å². The van der Waals surface area contributed by atoms with Gasteiger partial charge in [-0.25, -0.2) is 9.97 Å². The maximum absolute atomic E-state index is 13.2. The lowest BCUT2D eigenvalue weighted by Crippen LogP contribution is -2.34. The fourth-order valence-corrected chi connectivity index (χ4v) is 4.25. The van der Waals surface area contributed by atoms with E-state index in [1.807, 2.05) is 64.2 Å². The van der Waals surface area contributed by atoms with E-state index in [4.69, 9.17) is 14.5 Å². The van der Waals surface area contributed by atoms with E-state index >= 15 is 0 Å². The van der Waals surface area contributed by atoms with Gasteiger partial charge < -0.3 is 29.4 Å². The lowest BCUT2D eigenvalue weighted by Gasteiger charge is -2.20. The monoisotopic (exact) mass is 472 g/mol. The molecule has 5 rings (SSSR count). The van der Waals surface area contributed by atoms with E-state index in [0.29, 0.717) is 35.1 Å². The van der Waals surface area contributed by atoms with Crippen molar-refractivity contribution < 1.29 is 14.3 Å². The van der Waals surface area contributed by atoms with Crippen molar-refractivity contribution >= 4 is 23.1 Å². The number of fused-ring (bicyclic) bond motifs is 1. The molecule has 180 valence electrons. The van der Waals surface area contributed by atoms with Gasteiger partial charge in [-0.2, -0.15) is 0 Å². The molecule has 0 unspecified atom stereocenters. The van der Waals surface area contributed by atoms with E-state index in [1.165, 1.54) is 0 Å². The van der Waals surface area contributed by atoms with Crippen molar-refractivity contribution in [2.45, 2.75) is 6.42 Å². The molecule has 9 heteroatoms. The number of carbonyl (C=O) groups excluding carboxylic acids is 1. The topological polar surface area (TPSA) is 93.0 Å². The molecule has 2 aromatic heterocycles. The van der Waals surface area contributed by atoms with Gasteiger partial charge >= 0.3 is 0 Å². The molecule has 1 saturated heterocycles. The largest absolute Gasteiger partial charge is 0.493 e. The molecule has 4 aromatic rings. The maximum atomic E-state index is 13.2. The zero-order chi connectivity index (χ0) is 24.2. The van der Waals surface area contributed by atoms with E-state index < -0.39 is 0 Å². The van der Waals surface area contributed by atoms with Crippen LogP contribution in [0.4, 0.5) is 11.5 Å². The fraction of sp³-hybridized carbons (Fsp3) is 0.269. The molecule has 0 radical (unpaired) electrons. The molecule has 1 fully saturated rings. The summed E-state index contributed by atoms with van der Waals surface area (Å²) in [7, 11) is 3.20. The van der Waals surface area contributed by atoms with Crippen molar-refractivity contribution in [1.82, 2.24) is 24.6 Å². The van der Waals surface area contributed by atoms with Crippen LogP contribution in [-0.2, 0) is 0 Å². The molecule has 1 aliphatic rings. The van der Waals surface area contributed by atoms with Gasteiger partial charge in [0.15, 0.2) is 23.0 Å². The number of anilines is 2. The van der Waals surface area contributed by atoms with Gasteiger partial charge in [0.2, 0.25) is 0 Å². The Hall–Kier alpha value is -4.11. The molecule has 0 bridgehead atoms. The Bertz CT molecular complexity index is 1340. The fourth-order valence-electron chi connectivity index (χ4n) is 4.25. The molecule has 1 aliphatic heterocycles. The summed E-state index contributed by atoms with van der Waals surface area (Å²) in [5, 5.41) is 6.69. The van der Waals surface area contributed by atoms with Crippen LogP contribution in [0.15, 0.2) is 61.1 Å². The molecule has 0 atom stereocenters. The molecule has 0 spiro atoms. The molecule has 2 aromatic carbocycles. The second-order valence-corrected chi connectivity index (χ2v) is 8.30. The lowest BCUT2D eigenvalue weighted by atomic mass is 10.1. The van der Waals surface area contributed by atoms with Gasteiger partial charge in [-0.1, -0.05) is 12.1 Å². The van der Waals surface area contributed by atoms with Gasteiger partial charge in [-0.3, -0.25) is 4.79 Å². The van der Waals surface area contributed by atoms with Gasteiger partial charge in [-0.15, -0.1) is 0 Å². The normalized spacial score (nSPS) is 13.9. The van der Waals surface area contributed by atoms with Gasteiger partial charge in [0.05, 0.1) is 19.9 Å². The minimum Gasteiger partial charge on any atom is -0.493 e. The van der Waals surface area contributed by atoms with Crippen LogP contribution in [0, 0.1) is 0 Å². The quantitative estimate of drug-likeness (QED) is 0.443. The molecular weight excluding hydrogens is 444 g/mol. The zero-order valence-corrected chi connectivity index (χ0v) is 19.8. The predicted octanol–water partition coefficient (Wildman–Crippen LogP) is 3.59. The van der Waals surface area contributed by atoms with Crippen LogP contribution in [0.25, 0.3) is 16.9 Å². The Morgan fingerprint density at radius 2 is 1.94 bits per heavy atom. The van der Waals surface area contributed by atoms with E-state index in [1.54, 1.807) is 20.4 Å². The summed E-state index contributed by atoms with van der Waals surface area (Å²) in [6.45, 7) is 3.22. The van der Waals surface area contributed by atoms with Crippen molar-refractivity contribution in [2.75, 3.05) is 45.7 Å². The molecular formula is C26H28N6O3. The zero-order valence-electron chi connectivity index (χ0n) is 19.8. The number of nitrogens with zero attached hydrogens (tertiary/aromatic N) is 4. The molecule has 1 amide bonds. The molecule has 35 heavy (non-hydrogen) atoms. The first-order chi connectivity index (χ1) is 17.2. The predicted molar refractivity (Wildman–Crippen MR) is 135 cm³/mol. The van der Waals surface area contributed by atoms with E-state index in [2.05, 4.69) is 15.6 Å². The number of rotatable bonds is 6. The van der Waals surface area contributed by atoms with Crippen LogP contribution in [0.1, 0.15) is 16.8 Å². The number of methoxy groups -OCH3 is 2. The summed E-state index contributed by atoms with van der Waals surface area (Å²) in [6.07, 6.45) is 6.48. The smallest absolute Gasteiger partial charge is 0.253 e. The first-order valence-corrected chi connectivity index (χ1v) is 11.6. The number of nitrogens with one attached hydrogen (secondary N) is 2. The van der Waals surface area contributed by atoms with Gasteiger partial charge in [0.1, 0.15) is 0 Å². The molecule has 2 N–H and O–H groups in total. The number of amides is 1. The first kappa shape index (κ1) is 22.7. The highest BCUT2D eigenvalue weighted by Gasteiger charge is 2.18. The second-order valence-electron chi connectivity index (χ2n) is 8.30. The van der Waals surface area contributed by atoms with Crippen LogP contribution in [0.2, 0.25) is 0 Å². The third-order valence-corrected chi connectivity index (χ3v) is 6.05. The summed E-state index contributed by atoms with van der Waals surface area (Å²) >= 11 is 0. The number of ether oxygens (including phenoxy) is 2. The summed E-state index contributed by atoms with van der Waals surface area (Å²) in [5.41, 5.74) is 3.72. The summed E-state index contributed by atoms with van der Waals surface area (Å²) in [5.74, 6) is 1.90. The van der Waals surface area contributed by atoms with Crippen LogP contribution in [0.3, 0.4) is 0 Å². The third-order valence-electron chi connectivity index (χ3n) is 6.05. The maximum Gasteiger partial charge on any atom is 0.253 e. The third kappa shape index (κ3) is 4.76. The number of imidazole rings is 1. The van der Waals surface area contributed by atoms with Crippen molar-refractivity contribution in [1.29, 1.82) is 0 Å². The van der Waals surface area contributed by atoms with Crippen molar-refractivity contribution in [2.24, 2.45) is 0 Å². The average molecular weight is 473 g/mol. The van der Waals surface area contributed by atoms with Crippen LogP contribution in [-0.4, -0.2) is 65.6 Å². The second kappa shape index (κ2) is 10.0. The summed E-state index contributed by atoms with van der Waals surface area (Å²) in [6, 6.07) is 13.2. The van der Waals surface area contributed by atoms with Crippen molar-refractivity contribution in [3.05, 3.63) is 66.6 Å². The Morgan fingerprint density at radius 1 is 1.06 bits per heavy atom.